The second-order valence-electron chi connectivity index (χ2n) is 7.48. The first-order valence-electron chi connectivity index (χ1n) is 9.67. The Kier molecular flexibility index (Phi) is 5.36. The van der Waals surface area contributed by atoms with Crippen LogP contribution in [0, 0.1) is 17.1 Å². The smallest absolute Gasteiger partial charge is 0.231 e. The van der Waals surface area contributed by atoms with Crippen molar-refractivity contribution in [3.05, 3.63) is 30.1 Å². The average molecular weight is 399 g/mol. The molecule has 1 aromatic carbocycles. The molecule has 1 aromatic heterocycles. The number of nitrogens with zero attached hydrogens (tertiary/aromatic N) is 4. The van der Waals surface area contributed by atoms with E-state index in [-0.39, 0.29) is 23.5 Å². The molecular weight excluding hydrogens is 377 g/mol. The highest BCUT2D eigenvalue weighted by molar-refractivity contribution is 7.99. The lowest BCUT2D eigenvalue weighted by atomic mass is 9.83. The van der Waals surface area contributed by atoms with Gasteiger partial charge in [-0.3, -0.25) is 9.36 Å². The molecule has 8 heteroatoms. The van der Waals surface area contributed by atoms with E-state index in [9.17, 15) is 14.4 Å². The molecule has 0 aliphatic heterocycles. The molecule has 146 valence electrons. The highest BCUT2D eigenvalue weighted by atomic mass is 32.2. The summed E-state index contributed by atoms with van der Waals surface area (Å²) in [5.74, 6) is 0.154. The van der Waals surface area contributed by atoms with E-state index >= 15 is 0 Å². The van der Waals surface area contributed by atoms with Crippen molar-refractivity contribution in [2.75, 3.05) is 5.75 Å². The normalized spacial score (nSPS) is 18.4. The fraction of sp³-hybridized carbons (Fsp3) is 0.500. The van der Waals surface area contributed by atoms with E-state index < -0.39 is 5.54 Å². The van der Waals surface area contributed by atoms with Crippen LogP contribution in [0.25, 0.3) is 11.4 Å². The lowest BCUT2D eigenvalue weighted by molar-refractivity contribution is -0.120. The predicted octanol–water partition coefficient (Wildman–Crippen LogP) is 3.85. The van der Waals surface area contributed by atoms with Crippen LogP contribution in [0.3, 0.4) is 0 Å². The van der Waals surface area contributed by atoms with Crippen LogP contribution >= 0.6 is 11.8 Å². The maximum Gasteiger partial charge on any atom is 0.231 e. The van der Waals surface area contributed by atoms with Crippen molar-refractivity contribution >= 4 is 17.7 Å². The topological polar surface area (TPSA) is 83.6 Å². The molecule has 6 nitrogen and oxygen atoms in total. The number of halogens is 1. The first-order chi connectivity index (χ1) is 13.6. The minimum absolute atomic E-state index is 0.158. The number of thioether (sulfide) groups is 1. The number of hydrogen-bond donors (Lipinski definition) is 1. The quantitative estimate of drug-likeness (QED) is 0.746. The largest absolute Gasteiger partial charge is 0.337 e. The van der Waals surface area contributed by atoms with Crippen molar-refractivity contribution in [3.63, 3.8) is 0 Å². The Bertz CT molecular complexity index is 912. The maximum atomic E-state index is 14.2. The van der Waals surface area contributed by atoms with E-state index in [1.807, 2.05) is 4.57 Å². The molecule has 0 radical (unpaired) electrons. The zero-order valence-corrected chi connectivity index (χ0v) is 16.3. The van der Waals surface area contributed by atoms with Gasteiger partial charge in [0.2, 0.25) is 5.91 Å². The van der Waals surface area contributed by atoms with E-state index in [0.717, 1.165) is 32.1 Å². The Labute approximate surface area is 167 Å². The van der Waals surface area contributed by atoms with Crippen LogP contribution in [0.2, 0.25) is 0 Å². The highest BCUT2D eigenvalue weighted by Gasteiger charge is 2.34. The first-order valence-corrected chi connectivity index (χ1v) is 10.7. The van der Waals surface area contributed by atoms with Crippen molar-refractivity contribution in [2.24, 2.45) is 0 Å². The molecule has 0 bridgehead atoms. The van der Waals surface area contributed by atoms with Gasteiger partial charge < -0.3 is 5.32 Å². The number of amides is 1. The maximum absolute atomic E-state index is 14.2. The van der Waals surface area contributed by atoms with Gasteiger partial charge in [0.1, 0.15) is 11.4 Å². The summed E-state index contributed by atoms with van der Waals surface area (Å²) in [7, 11) is 0. The van der Waals surface area contributed by atoms with E-state index in [1.165, 1.54) is 17.8 Å². The van der Waals surface area contributed by atoms with E-state index in [2.05, 4.69) is 21.6 Å². The molecule has 1 N–H and O–H groups in total. The number of rotatable bonds is 6. The molecule has 2 aromatic rings. The summed E-state index contributed by atoms with van der Waals surface area (Å²) in [5, 5.41) is 21.5. The van der Waals surface area contributed by atoms with Gasteiger partial charge in [0.15, 0.2) is 11.0 Å². The molecule has 28 heavy (non-hydrogen) atoms. The van der Waals surface area contributed by atoms with Gasteiger partial charge in [0, 0.05) is 6.04 Å². The lowest BCUT2D eigenvalue weighted by Crippen LogP contribution is -2.49. The summed E-state index contributed by atoms with van der Waals surface area (Å²) < 4.78 is 16.2. The van der Waals surface area contributed by atoms with Gasteiger partial charge in [0.05, 0.1) is 17.4 Å². The van der Waals surface area contributed by atoms with Gasteiger partial charge in [-0.2, -0.15) is 5.26 Å². The average Bonchev–Trinajstić information content (AvgIpc) is 3.47. The Morgan fingerprint density at radius 3 is 2.71 bits per heavy atom. The Morgan fingerprint density at radius 1 is 1.29 bits per heavy atom. The molecule has 4 rings (SSSR count). The van der Waals surface area contributed by atoms with Gasteiger partial charge in [-0.15, -0.1) is 10.2 Å². The van der Waals surface area contributed by atoms with Crippen LogP contribution in [-0.2, 0) is 4.79 Å². The van der Waals surface area contributed by atoms with Gasteiger partial charge >= 0.3 is 0 Å². The van der Waals surface area contributed by atoms with Crippen LogP contribution in [0.15, 0.2) is 29.4 Å². The molecular formula is C20H22FN5OS. The SMILES string of the molecule is N#CC1(NC(=O)CSc2nnc(-c3ccccc3F)n2C2CC2)CCCCC1. The summed E-state index contributed by atoms with van der Waals surface area (Å²) in [4.78, 5) is 12.5. The second kappa shape index (κ2) is 7.92. The van der Waals surface area contributed by atoms with E-state index in [0.29, 0.717) is 29.4 Å². The van der Waals surface area contributed by atoms with Crippen molar-refractivity contribution < 1.29 is 9.18 Å². The molecule has 0 unspecified atom stereocenters. The summed E-state index contributed by atoms with van der Waals surface area (Å²) >= 11 is 1.29. The molecule has 1 amide bonds. The molecule has 2 aliphatic rings. The van der Waals surface area contributed by atoms with Crippen LogP contribution in [0.4, 0.5) is 4.39 Å². The monoisotopic (exact) mass is 399 g/mol. The van der Waals surface area contributed by atoms with Crippen LogP contribution in [-0.4, -0.2) is 32.0 Å². The van der Waals surface area contributed by atoms with E-state index in [1.54, 1.807) is 18.2 Å². The standard InChI is InChI=1S/C20H22FN5OS/c21-16-7-3-2-6-15(16)18-24-25-19(26(18)14-8-9-14)28-12-17(27)23-20(13-22)10-4-1-5-11-20/h2-3,6-7,14H,1,4-5,8-12H2,(H,23,27). The van der Waals surface area contributed by atoms with Crippen LogP contribution in [0.1, 0.15) is 51.0 Å². The molecule has 0 saturated heterocycles. The molecule has 0 atom stereocenters. The minimum atomic E-state index is -0.738. The number of carbonyl (C=O) groups excluding carboxylic acids is 1. The highest BCUT2D eigenvalue weighted by Crippen LogP contribution is 2.41. The summed E-state index contributed by atoms with van der Waals surface area (Å²) in [5.41, 5.74) is -0.317. The van der Waals surface area contributed by atoms with Gasteiger partial charge in [0.25, 0.3) is 0 Å². The Morgan fingerprint density at radius 2 is 2.04 bits per heavy atom. The van der Waals surface area contributed by atoms with Crippen LogP contribution < -0.4 is 5.32 Å². The van der Waals surface area contributed by atoms with Crippen molar-refractivity contribution in [2.45, 2.75) is 61.7 Å². The zero-order valence-electron chi connectivity index (χ0n) is 15.5. The number of nitrogens with one attached hydrogen (secondary N) is 1. The van der Waals surface area contributed by atoms with Gasteiger partial charge in [-0.05, 0) is 37.8 Å². The third-order valence-electron chi connectivity index (χ3n) is 5.32. The fourth-order valence-electron chi connectivity index (χ4n) is 3.72. The van der Waals surface area contributed by atoms with Gasteiger partial charge in [-0.25, -0.2) is 4.39 Å². The molecule has 2 saturated carbocycles. The number of aromatic nitrogens is 3. The summed E-state index contributed by atoms with van der Waals surface area (Å²) in [6, 6.07) is 9.07. The third-order valence-corrected chi connectivity index (χ3v) is 6.27. The number of carbonyl (C=O) groups is 1. The van der Waals surface area contributed by atoms with Crippen molar-refractivity contribution in [1.29, 1.82) is 5.26 Å². The van der Waals surface area contributed by atoms with Crippen LogP contribution in [0.5, 0.6) is 0 Å². The van der Waals surface area contributed by atoms with Crippen molar-refractivity contribution in [1.82, 2.24) is 20.1 Å². The fourth-order valence-corrected chi connectivity index (χ4v) is 4.52. The van der Waals surface area contributed by atoms with Crippen molar-refractivity contribution in [3.8, 4) is 17.5 Å². The molecule has 1 heterocycles. The Balaban J connectivity index is 1.48. The third kappa shape index (κ3) is 3.90. The summed E-state index contributed by atoms with van der Waals surface area (Å²) in [6.45, 7) is 0. The summed E-state index contributed by atoms with van der Waals surface area (Å²) in [6.07, 6.45) is 6.43. The first kappa shape index (κ1) is 18.9. The van der Waals surface area contributed by atoms with Gasteiger partial charge in [-0.1, -0.05) is 43.2 Å². The minimum Gasteiger partial charge on any atom is -0.337 e. The van der Waals surface area contributed by atoms with E-state index in [4.69, 9.17) is 0 Å². The molecule has 2 aliphatic carbocycles. The second-order valence-corrected chi connectivity index (χ2v) is 8.42. The number of nitriles is 1. The molecule has 0 spiro atoms. The zero-order chi connectivity index (χ0) is 19.6. The predicted molar refractivity (Wildman–Crippen MR) is 104 cm³/mol. The number of benzene rings is 1. The lowest BCUT2D eigenvalue weighted by Gasteiger charge is -2.31. The Hall–Kier alpha value is -2.40. The number of hydrogen-bond acceptors (Lipinski definition) is 5. The molecule has 2 fully saturated rings.